The predicted octanol–water partition coefficient (Wildman–Crippen LogP) is 4.75. The molecule has 1 unspecified atom stereocenters. The largest absolute Gasteiger partial charge is 0.416 e. The number of anilines is 1. The second kappa shape index (κ2) is 9.82. The summed E-state index contributed by atoms with van der Waals surface area (Å²) in [5.41, 5.74) is 0.390. The molecule has 2 aromatic carbocycles. The Morgan fingerprint density at radius 1 is 1.13 bits per heavy atom. The summed E-state index contributed by atoms with van der Waals surface area (Å²) >= 11 is 3.34. The van der Waals surface area contributed by atoms with Crippen molar-refractivity contribution in [2.45, 2.75) is 38.0 Å². The van der Waals surface area contributed by atoms with Crippen molar-refractivity contribution in [3.63, 3.8) is 0 Å². The molecule has 0 bridgehead atoms. The van der Waals surface area contributed by atoms with E-state index in [2.05, 4.69) is 26.6 Å². The summed E-state index contributed by atoms with van der Waals surface area (Å²) < 4.78 is 39.9. The Labute approximate surface area is 187 Å². The standard InChI is InChI=1S/C22H23BrF3N3O2/c1-14(15-5-4-6-16(11-15)22(24,25)26)29(17-9-10-17)13-21(31)27-12-20(30)28-19-8-3-2-7-18(19)23/h2-8,11,14,17H,9-10,12-13H2,1H3,(H,27,31)(H,28,30). The average Bonchev–Trinajstić information content (AvgIpc) is 3.56. The summed E-state index contributed by atoms with van der Waals surface area (Å²) in [6.45, 7) is 1.60. The molecule has 166 valence electrons. The number of halogens is 4. The first-order valence-electron chi connectivity index (χ1n) is 9.89. The molecule has 2 N–H and O–H groups in total. The number of alkyl halides is 3. The van der Waals surface area contributed by atoms with Crippen LogP contribution in [-0.2, 0) is 15.8 Å². The zero-order chi connectivity index (χ0) is 22.6. The molecule has 2 aromatic rings. The van der Waals surface area contributed by atoms with Crippen LogP contribution in [0.4, 0.5) is 18.9 Å². The van der Waals surface area contributed by atoms with Gasteiger partial charge in [0.25, 0.3) is 0 Å². The minimum absolute atomic E-state index is 0.00436. The minimum Gasteiger partial charge on any atom is -0.346 e. The number of para-hydroxylation sites is 1. The van der Waals surface area contributed by atoms with Crippen LogP contribution >= 0.6 is 15.9 Å². The number of rotatable bonds is 8. The van der Waals surface area contributed by atoms with Crippen LogP contribution in [0.5, 0.6) is 0 Å². The highest BCUT2D eigenvalue weighted by molar-refractivity contribution is 9.10. The lowest BCUT2D eigenvalue weighted by molar-refractivity contribution is -0.137. The van der Waals surface area contributed by atoms with Crippen LogP contribution < -0.4 is 10.6 Å². The van der Waals surface area contributed by atoms with Crippen molar-refractivity contribution >= 4 is 33.4 Å². The molecule has 0 radical (unpaired) electrons. The molecular weight excluding hydrogens is 475 g/mol. The highest BCUT2D eigenvalue weighted by Crippen LogP contribution is 2.36. The summed E-state index contributed by atoms with van der Waals surface area (Å²) in [6.07, 6.45) is -2.64. The highest BCUT2D eigenvalue weighted by atomic mass is 79.9. The Bertz CT molecular complexity index is 948. The van der Waals surface area contributed by atoms with Gasteiger partial charge in [-0.1, -0.05) is 24.3 Å². The van der Waals surface area contributed by atoms with Crippen LogP contribution in [0.2, 0.25) is 0 Å². The first-order chi connectivity index (χ1) is 14.6. The summed E-state index contributed by atoms with van der Waals surface area (Å²) in [5, 5.41) is 5.29. The summed E-state index contributed by atoms with van der Waals surface area (Å²) in [6, 6.07) is 12.1. The molecule has 1 aliphatic carbocycles. The van der Waals surface area contributed by atoms with Gasteiger partial charge in [-0.05, 0) is 65.5 Å². The minimum atomic E-state index is -4.42. The van der Waals surface area contributed by atoms with E-state index in [1.54, 1.807) is 31.2 Å². The molecular formula is C22H23BrF3N3O2. The van der Waals surface area contributed by atoms with E-state index in [9.17, 15) is 22.8 Å². The SMILES string of the molecule is CC(c1cccc(C(F)(F)F)c1)N(CC(=O)NCC(=O)Nc1ccccc1Br)C1CC1. The molecule has 1 fully saturated rings. The van der Waals surface area contributed by atoms with Gasteiger partial charge in [0.15, 0.2) is 0 Å². The average molecular weight is 498 g/mol. The van der Waals surface area contributed by atoms with Gasteiger partial charge in [-0.3, -0.25) is 14.5 Å². The first-order valence-corrected chi connectivity index (χ1v) is 10.7. The van der Waals surface area contributed by atoms with Gasteiger partial charge in [0.05, 0.1) is 24.3 Å². The van der Waals surface area contributed by atoms with Crippen LogP contribution in [0.15, 0.2) is 53.0 Å². The molecule has 2 amide bonds. The molecule has 5 nitrogen and oxygen atoms in total. The topological polar surface area (TPSA) is 61.4 Å². The van der Waals surface area contributed by atoms with E-state index in [4.69, 9.17) is 0 Å². The zero-order valence-corrected chi connectivity index (χ0v) is 18.5. The normalized spacial score (nSPS) is 14.9. The number of nitrogens with one attached hydrogen (secondary N) is 2. The number of benzene rings is 2. The molecule has 3 rings (SSSR count). The van der Waals surface area contributed by atoms with Gasteiger partial charge in [-0.25, -0.2) is 0 Å². The van der Waals surface area contributed by atoms with Gasteiger partial charge >= 0.3 is 6.18 Å². The smallest absolute Gasteiger partial charge is 0.346 e. The Hall–Kier alpha value is -2.39. The number of hydrogen-bond acceptors (Lipinski definition) is 3. The lowest BCUT2D eigenvalue weighted by atomic mass is 10.0. The number of hydrogen-bond donors (Lipinski definition) is 2. The Balaban J connectivity index is 1.58. The van der Waals surface area contributed by atoms with E-state index in [1.807, 2.05) is 11.0 Å². The maximum Gasteiger partial charge on any atom is 0.416 e. The van der Waals surface area contributed by atoms with E-state index in [0.717, 1.165) is 29.4 Å². The van der Waals surface area contributed by atoms with E-state index in [-0.39, 0.29) is 37.0 Å². The van der Waals surface area contributed by atoms with Crippen molar-refractivity contribution < 1.29 is 22.8 Å². The van der Waals surface area contributed by atoms with E-state index < -0.39 is 11.7 Å². The lowest BCUT2D eigenvalue weighted by Crippen LogP contribution is -2.42. The Morgan fingerprint density at radius 2 is 1.84 bits per heavy atom. The molecule has 1 aliphatic rings. The maximum atomic E-state index is 13.1. The molecule has 0 aromatic heterocycles. The van der Waals surface area contributed by atoms with Crippen molar-refractivity contribution in [2.24, 2.45) is 0 Å². The van der Waals surface area contributed by atoms with Gasteiger partial charge in [0.2, 0.25) is 11.8 Å². The predicted molar refractivity (Wildman–Crippen MR) is 115 cm³/mol. The van der Waals surface area contributed by atoms with Gasteiger partial charge in [0.1, 0.15) is 0 Å². The Kier molecular flexibility index (Phi) is 7.38. The number of carbonyl (C=O) groups excluding carboxylic acids is 2. The summed E-state index contributed by atoms with van der Waals surface area (Å²) in [7, 11) is 0. The number of carbonyl (C=O) groups is 2. The fourth-order valence-electron chi connectivity index (χ4n) is 3.31. The number of nitrogens with zero attached hydrogens (tertiary/aromatic N) is 1. The third kappa shape index (κ3) is 6.54. The van der Waals surface area contributed by atoms with E-state index in [1.165, 1.54) is 6.07 Å². The molecule has 0 heterocycles. The lowest BCUT2D eigenvalue weighted by Gasteiger charge is -2.29. The van der Waals surface area contributed by atoms with Crippen LogP contribution in [0.1, 0.15) is 36.9 Å². The second-order valence-corrected chi connectivity index (χ2v) is 8.36. The quantitative estimate of drug-likeness (QED) is 0.553. The maximum absolute atomic E-state index is 13.1. The monoisotopic (exact) mass is 497 g/mol. The highest BCUT2D eigenvalue weighted by Gasteiger charge is 2.35. The Morgan fingerprint density at radius 3 is 2.48 bits per heavy atom. The summed E-state index contributed by atoms with van der Waals surface area (Å²) in [4.78, 5) is 26.5. The molecule has 9 heteroatoms. The van der Waals surface area contributed by atoms with Crippen molar-refractivity contribution in [3.8, 4) is 0 Å². The van der Waals surface area contributed by atoms with Gasteiger partial charge in [-0.15, -0.1) is 0 Å². The van der Waals surface area contributed by atoms with Crippen molar-refractivity contribution in [1.29, 1.82) is 0 Å². The van der Waals surface area contributed by atoms with Crippen LogP contribution in [0, 0.1) is 0 Å². The second-order valence-electron chi connectivity index (χ2n) is 7.51. The van der Waals surface area contributed by atoms with Crippen molar-refractivity contribution in [1.82, 2.24) is 10.2 Å². The number of amides is 2. The first kappa shape index (κ1) is 23.3. The van der Waals surface area contributed by atoms with E-state index in [0.29, 0.717) is 11.3 Å². The van der Waals surface area contributed by atoms with Gasteiger partial charge in [0, 0.05) is 16.6 Å². The fraction of sp³-hybridized carbons (Fsp3) is 0.364. The summed E-state index contributed by atoms with van der Waals surface area (Å²) in [5.74, 6) is -0.725. The molecule has 0 spiro atoms. The molecule has 1 atom stereocenters. The van der Waals surface area contributed by atoms with Crippen LogP contribution in [0.25, 0.3) is 0 Å². The third-order valence-electron chi connectivity index (χ3n) is 5.13. The van der Waals surface area contributed by atoms with Crippen LogP contribution in [-0.4, -0.2) is 35.8 Å². The van der Waals surface area contributed by atoms with Gasteiger partial charge < -0.3 is 10.6 Å². The molecule has 1 saturated carbocycles. The third-order valence-corrected chi connectivity index (χ3v) is 5.82. The van der Waals surface area contributed by atoms with Crippen LogP contribution in [0.3, 0.4) is 0 Å². The van der Waals surface area contributed by atoms with Crippen molar-refractivity contribution in [3.05, 3.63) is 64.1 Å². The molecule has 31 heavy (non-hydrogen) atoms. The molecule has 0 saturated heterocycles. The van der Waals surface area contributed by atoms with E-state index >= 15 is 0 Å². The van der Waals surface area contributed by atoms with Gasteiger partial charge in [-0.2, -0.15) is 13.2 Å². The zero-order valence-electron chi connectivity index (χ0n) is 16.9. The fourth-order valence-corrected chi connectivity index (χ4v) is 3.70. The molecule has 0 aliphatic heterocycles. The van der Waals surface area contributed by atoms with Crippen molar-refractivity contribution in [2.75, 3.05) is 18.4 Å².